The van der Waals surface area contributed by atoms with Gasteiger partial charge in [0, 0.05) is 31.6 Å². The van der Waals surface area contributed by atoms with Crippen molar-refractivity contribution in [2.45, 2.75) is 32.6 Å². The van der Waals surface area contributed by atoms with Gasteiger partial charge in [-0.05, 0) is 18.6 Å². The van der Waals surface area contributed by atoms with E-state index in [-0.39, 0.29) is 0 Å². The molecular formula is C15H22N4. The lowest BCUT2D eigenvalue weighted by Gasteiger charge is -2.05. The number of rotatable bonds is 6. The Morgan fingerprint density at radius 2 is 1.95 bits per heavy atom. The van der Waals surface area contributed by atoms with Gasteiger partial charge in [-0.1, -0.05) is 32.0 Å². The number of benzene rings is 1. The summed E-state index contributed by atoms with van der Waals surface area (Å²) in [6, 6.07) is 10.3. The highest BCUT2D eigenvalue weighted by atomic mass is 15.3. The van der Waals surface area contributed by atoms with E-state index < -0.39 is 0 Å². The van der Waals surface area contributed by atoms with E-state index >= 15 is 0 Å². The van der Waals surface area contributed by atoms with Gasteiger partial charge in [0.05, 0.1) is 0 Å². The molecule has 4 nitrogen and oxygen atoms in total. The Morgan fingerprint density at radius 1 is 1.21 bits per heavy atom. The van der Waals surface area contributed by atoms with Gasteiger partial charge < -0.3 is 5.32 Å². The van der Waals surface area contributed by atoms with Crippen molar-refractivity contribution in [3.63, 3.8) is 0 Å². The third kappa shape index (κ3) is 3.81. The first-order valence-electron chi connectivity index (χ1n) is 6.85. The molecule has 19 heavy (non-hydrogen) atoms. The van der Waals surface area contributed by atoms with Crippen LogP contribution in [0.25, 0.3) is 0 Å². The third-order valence-corrected chi connectivity index (χ3v) is 3.07. The zero-order valence-corrected chi connectivity index (χ0v) is 11.9. The van der Waals surface area contributed by atoms with Crippen molar-refractivity contribution in [1.82, 2.24) is 14.8 Å². The number of nitrogens with zero attached hydrogens (tertiary/aromatic N) is 3. The molecule has 0 aliphatic heterocycles. The SMILES string of the molecule is CC(C)c1nc(CCCNc2ccccc2)n(C)n1. The molecule has 0 spiro atoms. The molecule has 0 saturated carbocycles. The predicted octanol–water partition coefficient (Wildman–Crippen LogP) is 2.98. The molecular weight excluding hydrogens is 236 g/mol. The molecule has 1 N–H and O–H groups in total. The second kappa shape index (κ2) is 6.36. The lowest BCUT2D eigenvalue weighted by molar-refractivity contribution is 0.668. The maximum atomic E-state index is 4.58. The minimum absolute atomic E-state index is 0.391. The lowest BCUT2D eigenvalue weighted by Crippen LogP contribution is -2.06. The summed E-state index contributed by atoms with van der Waals surface area (Å²) in [5.41, 5.74) is 1.17. The first kappa shape index (κ1) is 13.6. The molecule has 0 fully saturated rings. The molecule has 102 valence electrons. The van der Waals surface area contributed by atoms with E-state index in [9.17, 15) is 0 Å². The Kier molecular flexibility index (Phi) is 4.55. The number of anilines is 1. The van der Waals surface area contributed by atoms with Crippen LogP contribution in [-0.2, 0) is 13.5 Å². The maximum absolute atomic E-state index is 4.58. The van der Waals surface area contributed by atoms with E-state index in [0.29, 0.717) is 5.92 Å². The second-order valence-electron chi connectivity index (χ2n) is 5.06. The molecule has 1 aromatic carbocycles. The van der Waals surface area contributed by atoms with Gasteiger partial charge in [-0.25, -0.2) is 4.98 Å². The molecule has 4 heteroatoms. The van der Waals surface area contributed by atoms with Gasteiger partial charge in [0.1, 0.15) is 5.82 Å². The number of hydrogen-bond donors (Lipinski definition) is 1. The molecule has 2 rings (SSSR count). The van der Waals surface area contributed by atoms with E-state index in [2.05, 4.69) is 41.4 Å². The smallest absolute Gasteiger partial charge is 0.153 e. The quantitative estimate of drug-likeness (QED) is 0.810. The minimum Gasteiger partial charge on any atom is -0.385 e. The number of aromatic nitrogens is 3. The van der Waals surface area contributed by atoms with Crippen LogP contribution in [0.3, 0.4) is 0 Å². The van der Waals surface area contributed by atoms with Crippen LogP contribution in [0.2, 0.25) is 0 Å². The summed E-state index contributed by atoms with van der Waals surface area (Å²) in [6.45, 7) is 5.19. The highest BCUT2D eigenvalue weighted by molar-refractivity contribution is 5.42. The number of hydrogen-bond acceptors (Lipinski definition) is 3. The minimum atomic E-state index is 0.391. The first-order valence-corrected chi connectivity index (χ1v) is 6.85. The van der Waals surface area contributed by atoms with Crippen molar-refractivity contribution in [3.05, 3.63) is 42.0 Å². The fourth-order valence-electron chi connectivity index (χ4n) is 1.94. The normalized spacial score (nSPS) is 10.9. The molecule has 0 aliphatic carbocycles. The average Bonchev–Trinajstić information content (AvgIpc) is 2.78. The van der Waals surface area contributed by atoms with Crippen molar-refractivity contribution in [3.8, 4) is 0 Å². The van der Waals surface area contributed by atoms with Crippen LogP contribution in [0.5, 0.6) is 0 Å². The van der Waals surface area contributed by atoms with E-state index in [4.69, 9.17) is 0 Å². The Morgan fingerprint density at radius 3 is 2.58 bits per heavy atom. The van der Waals surface area contributed by atoms with Crippen molar-refractivity contribution >= 4 is 5.69 Å². The predicted molar refractivity (Wildman–Crippen MR) is 78.3 cm³/mol. The monoisotopic (exact) mass is 258 g/mol. The van der Waals surface area contributed by atoms with E-state index in [0.717, 1.165) is 31.0 Å². The van der Waals surface area contributed by atoms with Crippen LogP contribution >= 0.6 is 0 Å². The van der Waals surface area contributed by atoms with Gasteiger partial charge in [0.15, 0.2) is 5.82 Å². The summed E-state index contributed by atoms with van der Waals surface area (Å²) in [5.74, 6) is 2.40. The zero-order valence-electron chi connectivity index (χ0n) is 11.9. The third-order valence-electron chi connectivity index (χ3n) is 3.07. The van der Waals surface area contributed by atoms with Crippen molar-refractivity contribution in [1.29, 1.82) is 0 Å². The highest BCUT2D eigenvalue weighted by Gasteiger charge is 2.09. The highest BCUT2D eigenvalue weighted by Crippen LogP contribution is 2.11. The Balaban J connectivity index is 1.80. The van der Waals surface area contributed by atoms with Crippen LogP contribution in [0.15, 0.2) is 30.3 Å². The van der Waals surface area contributed by atoms with Gasteiger partial charge in [-0.15, -0.1) is 0 Å². The van der Waals surface area contributed by atoms with Crippen molar-refractivity contribution < 1.29 is 0 Å². The van der Waals surface area contributed by atoms with Crippen LogP contribution in [-0.4, -0.2) is 21.3 Å². The van der Waals surface area contributed by atoms with Crippen molar-refractivity contribution in [2.24, 2.45) is 7.05 Å². The fraction of sp³-hybridized carbons (Fsp3) is 0.467. The molecule has 1 heterocycles. The largest absolute Gasteiger partial charge is 0.385 e. The summed E-state index contributed by atoms with van der Waals surface area (Å²) in [5, 5.41) is 7.84. The average molecular weight is 258 g/mol. The summed E-state index contributed by atoms with van der Waals surface area (Å²) in [4.78, 5) is 4.58. The van der Waals surface area contributed by atoms with Crippen LogP contribution < -0.4 is 5.32 Å². The van der Waals surface area contributed by atoms with Gasteiger partial charge in [0.25, 0.3) is 0 Å². The Labute approximate surface area is 114 Å². The molecule has 0 unspecified atom stereocenters. The van der Waals surface area contributed by atoms with Crippen LogP contribution in [0.4, 0.5) is 5.69 Å². The molecule has 0 amide bonds. The zero-order chi connectivity index (χ0) is 13.7. The van der Waals surface area contributed by atoms with E-state index in [1.54, 1.807) is 0 Å². The van der Waals surface area contributed by atoms with Gasteiger partial charge in [-0.2, -0.15) is 5.10 Å². The number of para-hydroxylation sites is 1. The molecule has 0 radical (unpaired) electrons. The fourth-order valence-corrected chi connectivity index (χ4v) is 1.94. The summed E-state index contributed by atoms with van der Waals surface area (Å²) in [6.07, 6.45) is 2.01. The molecule has 0 saturated heterocycles. The lowest BCUT2D eigenvalue weighted by atomic mass is 10.2. The molecule has 1 aromatic heterocycles. The molecule has 2 aromatic rings. The van der Waals surface area contributed by atoms with Gasteiger partial charge in [0.2, 0.25) is 0 Å². The Bertz CT molecular complexity index is 502. The summed E-state index contributed by atoms with van der Waals surface area (Å²) >= 11 is 0. The van der Waals surface area contributed by atoms with E-state index in [1.807, 2.05) is 29.9 Å². The maximum Gasteiger partial charge on any atom is 0.153 e. The first-order chi connectivity index (χ1) is 9.16. The summed E-state index contributed by atoms with van der Waals surface area (Å²) < 4.78 is 1.90. The standard InChI is InChI=1S/C15H22N4/c1-12(2)15-17-14(19(3)18-15)10-7-11-16-13-8-5-4-6-9-13/h4-6,8-9,12,16H,7,10-11H2,1-3H3. The van der Waals surface area contributed by atoms with Gasteiger partial charge >= 0.3 is 0 Å². The molecule has 0 atom stereocenters. The van der Waals surface area contributed by atoms with Gasteiger partial charge in [-0.3, -0.25) is 4.68 Å². The Hall–Kier alpha value is -1.84. The topological polar surface area (TPSA) is 42.7 Å². The number of aryl methyl sites for hydroxylation is 2. The summed E-state index contributed by atoms with van der Waals surface area (Å²) in [7, 11) is 1.97. The van der Waals surface area contributed by atoms with E-state index in [1.165, 1.54) is 5.69 Å². The number of nitrogens with one attached hydrogen (secondary N) is 1. The van der Waals surface area contributed by atoms with Crippen LogP contribution in [0, 0.1) is 0 Å². The second-order valence-corrected chi connectivity index (χ2v) is 5.06. The van der Waals surface area contributed by atoms with Crippen LogP contribution in [0.1, 0.15) is 37.8 Å². The van der Waals surface area contributed by atoms with Crippen molar-refractivity contribution in [2.75, 3.05) is 11.9 Å². The molecule has 0 aliphatic rings. The molecule has 0 bridgehead atoms.